The number of hydrogen-bond donors (Lipinski definition) is 1. The van der Waals surface area contributed by atoms with Crippen molar-refractivity contribution in [2.24, 2.45) is 0 Å². The molecule has 1 atom stereocenters. The van der Waals surface area contributed by atoms with Crippen LogP contribution in [-0.2, 0) is 0 Å². The highest BCUT2D eigenvalue weighted by atomic mass is 35.5. The van der Waals surface area contributed by atoms with Gasteiger partial charge in [-0.3, -0.25) is 4.79 Å². The number of rotatable bonds is 3. The Hall–Kier alpha value is -1.80. The first-order valence-corrected chi connectivity index (χ1v) is 6.99. The van der Waals surface area contributed by atoms with Crippen LogP contribution in [-0.4, -0.2) is 5.91 Å². The van der Waals surface area contributed by atoms with Crippen LogP contribution >= 0.6 is 11.6 Å². The summed E-state index contributed by atoms with van der Waals surface area (Å²) in [6, 6.07) is 13.1. The molecule has 1 N–H and O–H groups in total. The van der Waals surface area contributed by atoms with Gasteiger partial charge in [0.05, 0.1) is 6.04 Å². The van der Waals surface area contributed by atoms with E-state index < -0.39 is 0 Å². The van der Waals surface area contributed by atoms with E-state index in [0.29, 0.717) is 10.6 Å². The summed E-state index contributed by atoms with van der Waals surface area (Å²) in [5, 5.41) is 3.64. The number of hydrogen-bond acceptors (Lipinski definition) is 1. The Bertz CT molecular complexity index is 637. The van der Waals surface area contributed by atoms with E-state index in [2.05, 4.69) is 5.32 Å². The van der Waals surface area contributed by atoms with Crippen LogP contribution in [0.5, 0.6) is 0 Å². The second-order valence-corrected chi connectivity index (χ2v) is 5.42. The second kappa shape index (κ2) is 6.10. The van der Waals surface area contributed by atoms with Crippen molar-refractivity contribution in [3.8, 4) is 0 Å². The maximum atomic E-state index is 12.2. The van der Waals surface area contributed by atoms with Gasteiger partial charge >= 0.3 is 0 Å². The predicted molar refractivity (Wildman–Crippen MR) is 83.2 cm³/mol. The van der Waals surface area contributed by atoms with Gasteiger partial charge in [-0.2, -0.15) is 0 Å². The van der Waals surface area contributed by atoms with Gasteiger partial charge in [-0.15, -0.1) is 0 Å². The maximum Gasteiger partial charge on any atom is 0.251 e. The van der Waals surface area contributed by atoms with Crippen LogP contribution in [0.15, 0.2) is 42.5 Å². The summed E-state index contributed by atoms with van der Waals surface area (Å²) >= 11 is 6.14. The quantitative estimate of drug-likeness (QED) is 0.888. The summed E-state index contributed by atoms with van der Waals surface area (Å²) in [5.74, 6) is -0.0829. The normalized spacial score (nSPS) is 12.0. The molecule has 0 saturated heterocycles. The summed E-state index contributed by atoms with van der Waals surface area (Å²) < 4.78 is 0. The van der Waals surface area contributed by atoms with Crippen LogP contribution in [0.4, 0.5) is 0 Å². The van der Waals surface area contributed by atoms with Crippen LogP contribution < -0.4 is 5.32 Å². The number of amides is 1. The predicted octanol–water partition coefficient (Wildman–Crippen LogP) is 4.45. The minimum atomic E-state index is -0.127. The molecule has 104 valence electrons. The van der Waals surface area contributed by atoms with Crippen molar-refractivity contribution in [2.75, 3.05) is 0 Å². The van der Waals surface area contributed by atoms with E-state index in [9.17, 15) is 4.79 Å². The minimum Gasteiger partial charge on any atom is -0.345 e. The van der Waals surface area contributed by atoms with Crippen LogP contribution in [0.25, 0.3) is 0 Å². The van der Waals surface area contributed by atoms with Crippen molar-refractivity contribution < 1.29 is 4.79 Å². The fourth-order valence-corrected chi connectivity index (χ4v) is 2.37. The highest BCUT2D eigenvalue weighted by Gasteiger charge is 2.13. The molecule has 2 rings (SSSR count). The molecule has 3 heteroatoms. The Morgan fingerprint density at radius 1 is 1.10 bits per heavy atom. The lowest BCUT2D eigenvalue weighted by atomic mass is 10.0. The molecule has 0 fully saturated rings. The lowest BCUT2D eigenvalue weighted by Crippen LogP contribution is -2.26. The van der Waals surface area contributed by atoms with Crippen molar-refractivity contribution >= 4 is 17.5 Å². The molecule has 1 amide bonds. The molecule has 20 heavy (non-hydrogen) atoms. The summed E-state index contributed by atoms with van der Waals surface area (Å²) in [4.78, 5) is 12.2. The van der Waals surface area contributed by atoms with Gasteiger partial charge in [0.2, 0.25) is 0 Å². The van der Waals surface area contributed by atoms with Gasteiger partial charge in [0, 0.05) is 10.6 Å². The number of carbonyl (C=O) groups is 1. The lowest BCUT2D eigenvalue weighted by Gasteiger charge is -2.16. The first-order valence-electron chi connectivity index (χ1n) is 6.61. The SMILES string of the molecule is Cc1ccc(C(=O)NC(C)c2ccccc2Cl)cc1C. The molecule has 0 aliphatic carbocycles. The zero-order chi connectivity index (χ0) is 14.7. The molecule has 0 heterocycles. The average molecular weight is 288 g/mol. The van der Waals surface area contributed by atoms with Crippen molar-refractivity contribution in [2.45, 2.75) is 26.8 Å². The van der Waals surface area contributed by atoms with Crippen LogP contribution in [0.1, 0.15) is 40.0 Å². The molecule has 0 saturated carbocycles. The molecule has 0 aromatic heterocycles. The van der Waals surface area contributed by atoms with E-state index in [0.717, 1.165) is 11.1 Å². The van der Waals surface area contributed by atoms with Crippen LogP contribution in [0.3, 0.4) is 0 Å². The average Bonchev–Trinajstić information content (AvgIpc) is 2.42. The minimum absolute atomic E-state index is 0.0829. The second-order valence-electron chi connectivity index (χ2n) is 5.02. The van der Waals surface area contributed by atoms with Gasteiger partial charge in [0.25, 0.3) is 5.91 Å². The smallest absolute Gasteiger partial charge is 0.251 e. The topological polar surface area (TPSA) is 29.1 Å². The van der Waals surface area contributed by atoms with Crippen molar-refractivity contribution in [3.63, 3.8) is 0 Å². The van der Waals surface area contributed by atoms with E-state index in [1.54, 1.807) is 0 Å². The molecule has 0 bridgehead atoms. The fraction of sp³-hybridized carbons (Fsp3) is 0.235. The maximum absolute atomic E-state index is 12.2. The molecular formula is C17H18ClNO. The van der Waals surface area contributed by atoms with Crippen molar-refractivity contribution in [1.82, 2.24) is 5.32 Å². The summed E-state index contributed by atoms with van der Waals surface area (Å²) in [6.45, 7) is 5.97. The molecule has 2 aromatic rings. The number of aryl methyl sites for hydroxylation is 2. The summed E-state index contributed by atoms with van der Waals surface area (Å²) in [6.07, 6.45) is 0. The third-order valence-corrected chi connectivity index (χ3v) is 3.83. The van der Waals surface area contributed by atoms with E-state index in [1.165, 1.54) is 5.56 Å². The molecular weight excluding hydrogens is 270 g/mol. The Labute approximate surface area is 124 Å². The van der Waals surface area contributed by atoms with Gasteiger partial charge in [-0.1, -0.05) is 35.9 Å². The largest absolute Gasteiger partial charge is 0.345 e. The highest BCUT2D eigenvalue weighted by Crippen LogP contribution is 2.22. The van der Waals surface area contributed by atoms with Crippen molar-refractivity contribution in [1.29, 1.82) is 0 Å². The number of carbonyl (C=O) groups excluding carboxylic acids is 1. The van der Waals surface area contributed by atoms with Crippen LogP contribution in [0.2, 0.25) is 5.02 Å². The molecule has 1 unspecified atom stereocenters. The molecule has 0 aliphatic rings. The van der Waals surface area contributed by atoms with Crippen molar-refractivity contribution in [3.05, 3.63) is 69.7 Å². The molecule has 0 radical (unpaired) electrons. The Morgan fingerprint density at radius 2 is 1.80 bits per heavy atom. The molecule has 0 aliphatic heterocycles. The standard InChI is InChI=1S/C17H18ClNO/c1-11-8-9-14(10-12(11)2)17(20)19-13(3)15-6-4-5-7-16(15)18/h4-10,13H,1-3H3,(H,19,20). The summed E-state index contributed by atoms with van der Waals surface area (Å²) in [7, 11) is 0. The van der Waals surface area contributed by atoms with Gasteiger partial charge < -0.3 is 5.32 Å². The highest BCUT2D eigenvalue weighted by molar-refractivity contribution is 6.31. The van der Waals surface area contributed by atoms with E-state index >= 15 is 0 Å². The zero-order valence-corrected chi connectivity index (χ0v) is 12.7. The molecule has 2 aromatic carbocycles. The third kappa shape index (κ3) is 3.20. The van der Waals surface area contributed by atoms with Gasteiger partial charge in [0.15, 0.2) is 0 Å². The zero-order valence-electron chi connectivity index (χ0n) is 11.9. The first kappa shape index (κ1) is 14.6. The Balaban J connectivity index is 2.15. The number of benzene rings is 2. The van der Waals surface area contributed by atoms with E-state index in [1.807, 2.05) is 63.2 Å². The molecule has 2 nitrogen and oxygen atoms in total. The third-order valence-electron chi connectivity index (χ3n) is 3.49. The van der Waals surface area contributed by atoms with E-state index in [-0.39, 0.29) is 11.9 Å². The van der Waals surface area contributed by atoms with Gasteiger partial charge in [0.1, 0.15) is 0 Å². The Morgan fingerprint density at radius 3 is 2.45 bits per heavy atom. The number of nitrogens with one attached hydrogen (secondary N) is 1. The number of halogens is 1. The fourth-order valence-electron chi connectivity index (χ4n) is 2.07. The lowest BCUT2D eigenvalue weighted by molar-refractivity contribution is 0.0940. The van der Waals surface area contributed by atoms with E-state index in [4.69, 9.17) is 11.6 Å². The molecule has 0 spiro atoms. The first-order chi connectivity index (χ1) is 9.49. The van der Waals surface area contributed by atoms with Gasteiger partial charge in [-0.25, -0.2) is 0 Å². The monoisotopic (exact) mass is 287 g/mol. The van der Waals surface area contributed by atoms with Gasteiger partial charge in [-0.05, 0) is 55.7 Å². The Kier molecular flexibility index (Phi) is 4.46. The summed E-state index contributed by atoms with van der Waals surface area (Å²) in [5.41, 5.74) is 3.89. The van der Waals surface area contributed by atoms with Crippen LogP contribution in [0, 0.1) is 13.8 Å².